The molecule has 0 aliphatic heterocycles. The summed E-state index contributed by atoms with van der Waals surface area (Å²) >= 11 is 0. The average Bonchev–Trinajstić information content (AvgIpc) is 3.56. The number of benzene rings is 1. The predicted molar refractivity (Wildman–Crippen MR) is 143 cm³/mol. The molecular weight excluding hydrogens is 527 g/mol. The normalized spacial score (nSPS) is 13.4. The second kappa shape index (κ2) is 11.5. The Labute approximate surface area is 213 Å². The Morgan fingerprint density at radius 1 is 1.09 bits per heavy atom. The van der Waals surface area contributed by atoms with Crippen LogP contribution in [0.25, 0.3) is 5.82 Å². The van der Waals surface area contributed by atoms with Gasteiger partial charge in [-0.15, -0.1) is 24.0 Å². The van der Waals surface area contributed by atoms with Crippen LogP contribution in [-0.4, -0.2) is 34.4 Å². The van der Waals surface area contributed by atoms with Gasteiger partial charge >= 0.3 is 0 Å². The average molecular weight is 560 g/mol. The number of aromatic nitrogens is 3. The molecule has 1 aliphatic carbocycles. The molecule has 1 aromatic carbocycles. The van der Waals surface area contributed by atoms with E-state index in [-0.39, 0.29) is 24.0 Å². The van der Waals surface area contributed by atoms with Crippen LogP contribution in [-0.2, 0) is 13.1 Å². The zero-order chi connectivity index (χ0) is 22.5. The van der Waals surface area contributed by atoms with E-state index in [1.54, 1.807) is 7.05 Å². The molecule has 2 aromatic heterocycles. The fraction of sp³-hybridized carbons (Fsp3) is 0.400. The summed E-state index contributed by atoms with van der Waals surface area (Å²) in [6, 6.07) is 12.5. The number of nitrogens with zero attached hydrogens (tertiary/aromatic N) is 4. The Morgan fingerprint density at radius 2 is 1.88 bits per heavy atom. The first kappa shape index (κ1) is 25.0. The topological polar surface area (TPSA) is 76.4 Å². The number of ether oxygens (including phenoxy) is 1. The molecule has 1 aliphatic rings. The van der Waals surface area contributed by atoms with Crippen molar-refractivity contribution in [1.82, 2.24) is 25.4 Å². The van der Waals surface area contributed by atoms with Crippen molar-refractivity contribution in [3.63, 3.8) is 0 Å². The van der Waals surface area contributed by atoms with Crippen molar-refractivity contribution in [3.8, 4) is 11.6 Å². The highest BCUT2D eigenvalue weighted by Crippen LogP contribution is 2.30. The van der Waals surface area contributed by atoms with E-state index in [2.05, 4.69) is 56.9 Å². The number of halogens is 1. The van der Waals surface area contributed by atoms with Crippen LogP contribution in [0.3, 0.4) is 0 Å². The van der Waals surface area contributed by atoms with E-state index in [0.717, 1.165) is 52.6 Å². The van der Waals surface area contributed by atoms with Crippen LogP contribution < -0.4 is 15.4 Å². The van der Waals surface area contributed by atoms with Gasteiger partial charge in [0.25, 0.3) is 0 Å². The number of nitrogens with one attached hydrogen (secondary N) is 2. The van der Waals surface area contributed by atoms with Crippen LogP contribution in [0.4, 0.5) is 0 Å². The molecule has 4 rings (SSSR count). The van der Waals surface area contributed by atoms with Gasteiger partial charge in [-0.2, -0.15) is 5.10 Å². The van der Waals surface area contributed by atoms with Crippen LogP contribution in [0.1, 0.15) is 40.9 Å². The maximum absolute atomic E-state index is 6.08. The Balaban J connectivity index is 0.00000306. The summed E-state index contributed by atoms with van der Waals surface area (Å²) in [4.78, 5) is 8.91. The summed E-state index contributed by atoms with van der Waals surface area (Å²) in [6.07, 6.45) is 4.44. The lowest BCUT2D eigenvalue weighted by molar-refractivity contribution is 0.296. The second-order valence-corrected chi connectivity index (χ2v) is 8.51. The minimum atomic E-state index is 0. The third-order valence-corrected chi connectivity index (χ3v) is 5.56. The molecular formula is C25H33IN6O. The summed E-state index contributed by atoms with van der Waals surface area (Å²) in [7, 11) is 1.78. The van der Waals surface area contributed by atoms with Gasteiger partial charge in [-0.05, 0) is 68.9 Å². The van der Waals surface area contributed by atoms with Gasteiger partial charge in [0.2, 0.25) is 0 Å². The van der Waals surface area contributed by atoms with Gasteiger partial charge < -0.3 is 15.4 Å². The zero-order valence-electron chi connectivity index (χ0n) is 19.8. The first-order valence-electron chi connectivity index (χ1n) is 11.2. The van der Waals surface area contributed by atoms with Gasteiger partial charge in [-0.1, -0.05) is 18.2 Å². The molecule has 1 saturated carbocycles. The van der Waals surface area contributed by atoms with Crippen LogP contribution in [0, 0.1) is 26.7 Å². The molecule has 176 valence electrons. The Hall–Kier alpha value is -2.62. The molecule has 0 radical (unpaired) electrons. The van der Waals surface area contributed by atoms with Crippen LogP contribution in [0.15, 0.2) is 47.6 Å². The third kappa shape index (κ3) is 6.93. The minimum Gasteiger partial charge on any atom is -0.493 e. The number of hydrogen-bond acceptors (Lipinski definition) is 4. The highest BCUT2D eigenvalue weighted by molar-refractivity contribution is 14.0. The summed E-state index contributed by atoms with van der Waals surface area (Å²) in [5.74, 6) is 3.25. The van der Waals surface area contributed by atoms with Crippen molar-refractivity contribution >= 4 is 29.9 Å². The molecule has 8 heteroatoms. The minimum absolute atomic E-state index is 0. The van der Waals surface area contributed by atoms with E-state index in [1.807, 2.05) is 36.9 Å². The number of guanidine groups is 1. The van der Waals surface area contributed by atoms with E-state index >= 15 is 0 Å². The number of hydrogen-bond donors (Lipinski definition) is 2. The largest absolute Gasteiger partial charge is 0.493 e. The van der Waals surface area contributed by atoms with E-state index in [1.165, 1.54) is 18.4 Å². The molecule has 7 nitrogen and oxygen atoms in total. The standard InChI is InChI=1S/C25H32N6O.HI/c1-17-5-9-22(23(11-17)32-16-20-6-7-20)15-29-25(26-4)28-14-21-8-10-24(27-13-21)31-19(3)12-18(2)30-31;/h5,8-13,20H,6-7,14-16H2,1-4H3,(H2,26,28,29);1H. The van der Waals surface area contributed by atoms with E-state index in [9.17, 15) is 0 Å². The zero-order valence-corrected chi connectivity index (χ0v) is 22.1. The molecule has 0 atom stereocenters. The van der Waals surface area contributed by atoms with Crippen molar-refractivity contribution in [1.29, 1.82) is 0 Å². The first-order valence-corrected chi connectivity index (χ1v) is 11.2. The smallest absolute Gasteiger partial charge is 0.191 e. The van der Waals surface area contributed by atoms with Crippen LogP contribution in [0.5, 0.6) is 5.75 Å². The number of aryl methyl sites for hydroxylation is 3. The summed E-state index contributed by atoms with van der Waals surface area (Å²) < 4.78 is 7.94. The van der Waals surface area contributed by atoms with Gasteiger partial charge in [0.1, 0.15) is 5.75 Å². The van der Waals surface area contributed by atoms with Crippen molar-refractivity contribution < 1.29 is 4.74 Å². The van der Waals surface area contributed by atoms with Gasteiger partial charge in [0, 0.05) is 37.6 Å². The van der Waals surface area contributed by atoms with Crippen LogP contribution >= 0.6 is 24.0 Å². The molecule has 1 fully saturated rings. The molecule has 2 N–H and O–H groups in total. The summed E-state index contributed by atoms with van der Waals surface area (Å²) in [6.45, 7) is 8.19. The Morgan fingerprint density at radius 3 is 2.52 bits per heavy atom. The van der Waals surface area contributed by atoms with Crippen LogP contribution in [0.2, 0.25) is 0 Å². The highest BCUT2D eigenvalue weighted by Gasteiger charge is 2.22. The van der Waals surface area contributed by atoms with Crippen molar-refractivity contribution in [2.24, 2.45) is 10.9 Å². The molecule has 0 saturated heterocycles. The van der Waals surface area contributed by atoms with Gasteiger partial charge in [-0.25, -0.2) is 9.67 Å². The van der Waals surface area contributed by atoms with Gasteiger partial charge in [-0.3, -0.25) is 4.99 Å². The molecule has 2 heterocycles. The van der Waals surface area contributed by atoms with Crippen molar-refractivity contribution in [2.45, 2.75) is 46.7 Å². The highest BCUT2D eigenvalue weighted by atomic mass is 127. The SMILES string of the molecule is CN=C(NCc1ccc(-n2nc(C)cc2C)nc1)NCc1ccc(C)cc1OCC1CC1.I. The first-order chi connectivity index (χ1) is 15.5. The van der Waals surface area contributed by atoms with E-state index in [4.69, 9.17) is 4.74 Å². The molecule has 3 aromatic rings. The predicted octanol–water partition coefficient (Wildman–Crippen LogP) is 4.46. The molecule has 0 spiro atoms. The van der Waals surface area contributed by atoms with Gasteiger partial charge in [0.15, 0.2) is 11.8 Å². The lowest BCUT2D eigenvalue weighted by atomic mass is 10.1. The lowest BCUT2D eigenvalue weighted by Gasteiger charge is -2.15. The molecule has 0 bridgehead atoms. The van der Waals surface area contributed by atoms with Crippen molar-refractivity contribution in [3.05, 3.63) is 70.7 Å². The van der Waals surface area contributed by atoms with E-state index in [0.29, 0.717) is 13.1 Å². The molecule has 0 unspecified atom stereocenters. The molecule has 0 amide bonds. The maximum atomic E-state index is 6.08. The van der Waals surface area contributed by atoms with Gasteiger partial charge in [0.05, 0.1) is 12.3 Å². The lowest BCUT2D eigenvalue weighted by Crippen LogP contribution is -2.36. The van der Waals surface area contributed by atoms with E-state index < -0.39 is 0 Å². The maximum Gasteiger partial charge on any atom is 0.191 e. The Kier molecular flexibility index (Phi) is 8.71. The number of rotatable bonds is 8. The second-order valence-electron chi connectivity index (χ2n) is 8.51. The fourth-order valence-corrected chi connectivity index (χ4v) is 3.53. The Bertz CT molecular complexity index is 1090. The quantitative estimate of drug-likeness (QED) is 0.242. The summed E-state index contributed by atoms with van der Waals surface area (Å²) in [5, 5.41) is 11.2. The number of aliphatic imine (C=N–C) groups is 1. The third-order valence-electron chi connectivity index (χ3n) is 5.56. The fourth-order valence-electron chi connectivity index (χ4n) is 3.53. The number of pyridine rings is 1. The summed E-state index contributed by atoms with van der Waals surface area (Å²) in [5.41, 5.74) is 5.47. The van der Waals surface area contributed by atoms with Crippen molar-refractivity contribution in [2.75, 3.05) is 13.7 Å². The monoisotopic (exact) mass is 560 g/mol. The molecule has 33 heavy (non-hydrogen) atoms.